The predicted octanol–water partition coefficient (Wildman–Crippen LogP) is 10.0. The maximum absolute atomic E-state index is 14.0. The van der Waals surface area contributed by atoms with Gasteiger partial charge < -0.3 is 8.98 Å². The number of hydrogen-bond acceptors (Lipinski definition) is 2. The Hall–Kier alpha value is -5.41. The van der Waals surface area contributed by atoms with Crippen LogP contribution in [-0.2, 0) is 5.41 Å². The van der Waals surface area contributed by atoms with Crippen molar-refractivity contribution in [1.29, 1.82) is 0 Å². The summed E-state index contributed by atoms with van der Waals surface area (Å²) in [6, 6.07) is 43.9. The van der Waals surface area contributed by atoms with Gasteiger partial charge in [0.15, 0.2) is 0 Å². The lowest BCUT2D eigenvalue weighted by molar-refractivity contribution is 0.660. The van der Waals surface area contributed by atoms with Gasteiger partial charge in [-0.3, -0.25) is 4.79 Å². The summed E-state index contributed by atoms with van der Waals surface area (Å²) in [6.45, 7) is 4.67. The van der Waals surface area contributed by atoms with E-state index in [0.717, 1.165) is 27.8 Å². The molecule has 0 bridgehead atoms. The largest absolute Gasteiger partial charge is 0.456 e. The molecule has 3 nitrogen and oxygen atoms in total. The summed E-state index contributed by atoms with van der Waals surface area (Å²) >= 11 is 0. The standard InChI is InChI=1S/C40H27NO2/c1-40(2)32-14-8-6-12-27(32)28-18-19-34-37(38(28)40)29-13-7-9-15-33(29)41(34)26-17-21-36-31(23-26)39(42)30-22-25(16-20-35(30)43-36)24-10-4-3-5-11-24/h3-23H,1-2H3. The smallest absolute Gasteiger partial charge is 0.200 e. The van der Waals surface area contributed by atoms with E-state index in [1.54, 1.807) is 0 Å². The van der Waals surface area contributed by atoms with Crippen LogP contribution in [0.15, 0.2) is 137 Å². The molecule has 2 aromatic heterocycles. The third-order valence-corrected chi connectivity index (χ3v) is 9.37. The summed E-state index contributed by atoms with van der Waals surface area (Å²) in [5, 5.41) is 3.65. The molecule has 0 unspecified atom stereocenters. The molecule has 1 aliphatic carbocycles. The highest BCUT2D eigenvalue weighted by Crippen LogP contribution is 2.53. The molecule has 0 amide bonds. The zero-order valence-corrected chi connectivity index (χ0v) is 23.9. The van der Waals surface area contributed by atoms with Crippen LogP contribution < -0.4 is 5.43 Å². The third kappa shape index (κ3) is 3.28. The van der Waals surface area contributed by atoms with Crippen LogP contribution in [0.5, 0.6) is 0 Å². The lowest BCUT2D eigenvalue weighted by Crippen LogP contribution is -2.15. The number of fused-ring (bicyclic) bond motifs is 9. The Labute approximate surface area is 248 Å². The number of hydrogen-bond donors (Lipinski definition) is 0. The van der Waals surface area contributed by atoms with Crippen LogP contribution in [0.25, 0.3) is 71.7 Å². The average molecular weight is 554 g/mol. The Morgan fingerprint density at radius 1 is 0.581 bits per heavy atom. The van der Waals surface area contributed by atoms with Crippen LogP contribution in [0.1, 0.15) is 25.0 Å². The van der Waals surface area contributed by atoms with Gasteiger partial charge in [0.05, 0.1) is 21.8 Å². The Bertz CT molecular complexity index is 2500. The van der Waals surface area contributed by atoms with Crippen LogP contribution in [0.4, 0.5) is 0 Å². The van der Waals surface area contributed by atoms with Gasteiger partial charge in [0.25, 0.3) is 0 Å². The zero-order valence-electron chi connectivity index (χ0n) is 23.9. The monoisotopic (exact) mass is 553 g/mol. The van der Waals surface area contributed by atoms with E-state index in [9.17, 15) is 4.79 Å². The lowest BCUT2D eigenvalue weighted by atomic mass is 9.80. The molecule has 1 aliphatic rings. The number of rotatable bonds is 2. The van der Waals surface area contributed by atoms with E-state index >= 15 is 0 Å². The number of nitrogens with zero attached hydrogens (tertiary/aromatic N) is 1. The quantitative estimate of drug-likeness (QED) is 0.200. The minimum absolute atomic E-state index is 0.0193. The van der Waals surface area contributed by atoms with Crippen LogP contribution in [0, 0.1) is 0 Å². The van der Waals surface area contributed by atoms with E-state index in [1.807, 2.05) is 48.5 Å². The van der Waals surface area contributed by atoms with Crippen molar-refractivity contribution >= 4 is 43.7 Å². The second-order valence-corrected chi connectivity index (χ2v) is 12.1. The van der Waals surface area contributed by atoms with Gasteiger partial charge in [0.1, 0.15) is 11.2 Å². The zero-order chi connectivity index (χ0) is 28.9. The van der Waals surface area contributed by atoms with Crippen molar-refractivity contribution in [3.8, 4) is 27.9 Å². The van der Waals surface area contributed by atoms with Crippen molar-refractivity contribution < 1.29 is 4.42 Å². The summed E-state index contributed by atoms with van der Waals surface area (Å²) in [7, 11) is 0. The Balaban J connectivity index is 1.32. The van der Waals surface area contributed by atoms with Gasteiger partial charge in [-0.1, -0.05) is 98.8 Å². The van der Waals surface area contributed by atoms with Gasteiger partial charge in [-0.2, -0.15) is 0 Å². The molecule has 0 spiro atoms. The Morgan fingerprint density at radius 3 is 2.16 bits per heavy atom. The van der Waals surface area contributed by atoms with Crippen molar-refractivity contribution in [1.82, 2.24) is 4.57 Å². The van der Waals surface area contributed by atoms with Crippen molar-refractivity contribution in [2.24, 2.45) is 0 Å². The van der Waals surface area contributed by atoms with Gasteiger partial charge in [-0.25, -0.2) is 0 Å². The molecule has 0 radical (unpaired) electrons. The molecule has 0 saturated heterocycles. The highest BCUT2D eigenvalue weighted by molar-refractivity contribution is 6.14. The lowest BCUT2D eigenvalue weighted by Gasteiger charge is -2.22. The molecule has 0 fully saturated rings. The first-order valence-electron chi connectivity index (χ1n) is 14.7. The van der Waals surface area contributed by atoms with Gasteiger partial charge >= 0.3 is 0 Å². The summed E-state index contributed by atoms with van der Waals surface area (Å²) < 4.78 is 8.58. The fraction of sp³-hybridized carbons (Fsp3) is 0.0750. The topological polar surface area (TPSA) is 35.1 Å². The first-order chi connectivity index (χ1) is 21.0. The van der Waals surface area contributed by atoms with Crippen LogP contribution in [-0.4, -0.2) is 4.57 Å². The number of benzene rings is 6. The maximum Gasteiger partial charge on any atom is 0.200 e. The molecule has 9 rings (SSSR count). The second-order valence-electron chi connectivity index (χ2n) is 12.1. The predicted molar refractivity (Wildman–Crippen MR) is 177 cm³/mol. The molecule has 2 heterocycles. The van der Waals surface area contributed by atoms with Crippen LogP contribution in [0.2, 0.25) is 0 Å². The molecule has 0 atom stereocenters. The van der Waals surface area contributed by atoms with Gasteiger partial charge in [0, 0.05) is 21.9 Å². The first kappa shape index (κ1) is 24.2. The summed E-state index contributed by atoms with van der Waals surface area (Å²) in [5.74, 6) is 0. The van der Waals surface area contributed by atoms with E-state index < -0.39 is 0 Å². The average Bonchev–Trinajstić information content (AvgIpc) is 3.50. The van der Waals surface area contributed by atoms with E-state index in [2.05, 4.69) is 97.3 Å². The van der Waals surface area contributed by atoms with Crippen molar-refractivity contribution in [3.05, 3.63) is 149 Å². The molecule has 0 saturated carbocycles. The summed E-state index contributed by atoms with van der Waals surface area (Å²) in [5.41, 5.74) is 11.6. The molecule has 0 aliphatic heterocycles. The Morgan fingerprint density at radius 2 is 1.30 bits per heavy atom. The molecule has 6 aromatic carbocycles. The van der Waals surface area contributed by atoms with Crippen LogP contribution >= 0.6 is 0 Å². The normalized spacial score (nSPS) is 13.6. The van der Waals surface area contributed by atoms with Crippen molar-refractivity contribution in [2.45, 2.75) is 19.3 Å². The molecular weight excluding hydrogens is 526 g/mol. The van der Waals surface area contributed by atoms with E-state index in [0.29, 0.717) is 21.9 Å². The van der Waals surface area contributed by atoms with Gasteiger partial charge in [-0.15, -0.1) is 0 Å². The number of aromatic nitrogens is 1. The van der Waals surface area contributed by atoms with Crippen molar-refractivity contribution in [3.63, 3.8) is 0 Å². The minimum Gasteiger partial charge on any atom is -0.456 e. The molecule has 3 heteroatoms. The van der Waals surface area contributed by atoms with E-state index in [-0.39, 0.29) is 10.8 Å². The summed E-state index contributed by atoms with van der Waals surface area (Å²) in [6.07, 6.45) is 0. The van der Waals surface area contributed by atoms with Gasteiger partial charge in [0.2, 0.25) is 5.43 Å². The molecule has 204 valence electrons. The first-order valence-corrected chi connectivity index (χ1v) is 14.7. The van der Waals surface area contributed by atoms with Crippen molar-refractivity contribution in [2.75, 3.05) is 0 Å². The van der Waals surface area contributed by atoms with E-state index in [1.165, 1.54) is 33.0 Å². The van der Waals surface area contributed by atoms with Gasteiger partial charge in [-0.05, 0) is 75.8 Å². The fourth-order valence-electron chi connectivity index (χ4n) is 7.40. The molecule has 0 N–H and O–H groups in total. The highest BCUT2D eigenvalue weighted by Gasteiger charge is 2.37. The second kappa shape index (κ2) is 8.56. The van der Waals surface area contributed by atoms with E-state index in [4.69, 9.17) is 4.42 Å². The Kier molecular flexibility index (Phi) is 4.82. The molecule has 8 aromatic rings. The summed E-state index contributed by atoms with van der Waals surface area (Å²) in [4.78, 5) is 14.0. The molecule has 43 heavy (non-hydrogen) atoms. The third-order valence-electron chi connectivity index (χ3n) is 9.37. The molecular formula is C40H27NO2. The van der Waals surface area contributed by atoms with Crippen LogP contribution in [0.3, 0.4) is 0 Å². The fourth-order valence-corrected chi connectivity index (χ4v) is 7.40. The number of para-hydroxylation sites is 1. The highest BCUT2D eigenvalue weighted by atomic mass is 16.3. The maximum atomic E-state index is 14.0. The minimum atomic E-state index is -0.139. The SMILES string of the molecule is CC1(C)c2ccccc2-c2ccc3c(c21)c1ccccc1n3-c1ccc2oc3ccc(-c4ccccc4)cc3c(=O)c2c1.